The molecule has 0 saturated heterocycles. The molecule has 0 amide bonds. The van der Waals surface area contributed by atoms with Crippen molar-refractivity contribution in [3.63, 3.8) is 0 Å². The molecule has 0 aliphatic rings. The Kier molecular flexibility index (Phi) is 3.61. The molecule has 0 aliphatic carbocycles. The van der Waals surface area contributed by atoms with Gasteiger partial charge in [-0.1, -0.05) is 6.92 Å². The van der Waals surface area contributed by atoms with Crippen LogP contribution in [0.5, 0.6) is 0 Å². The molecule has 2 aromatic rings. The summed E-state index contributed by atoms with van der Waals surface area (Å²) in [5, 5.41) is 14.3. The van der Waals surface area contributed by atoms with Gasteiger partial charge in [-0.2, -0.15) is 4.68 Å². The molecule has 7 heteroatoms. The van der Waals surface area contributed by atoms with Gasteiger partial charge in [0.25, 0.3) is 0 Å². The number of benzene rings is 1. The van der Waals surface area contributed by atoms with Crippen LogP contribution in [0, 0.1) is 11.6 Å². The maximum atomic E-state index is 13.2. The van der Waals surface area contributed by atoms with Crippen molar-refractivity contribution in [1.29, 1.82) is 0 Å². The summed E-state index contributed by atoms with van der Waals surface area (Å²) in [5.74, 6) is -0.827. The summed E-state index contributed by atoms with van der Waals surface area (Å²) >= 11 is 0. The first kappa shape index (κ1) is 12.6. The largest absolute Gasteiger partial charge is 0.308 e. The van der Waals surface area contributed by atoms with Gasteiger partial charge in [0.15, 0.2) is 5.82 Å². The van der Waals surface area contributed by atoms with Gasteiger partial charge in [-0.3, -0.25) is 0 Å². The summed E-state index contributed by atoms with van der Waals surface area (Å²) in [4.78, 5) is 0. The molecule has 2 rings (SSSR count). The van der Waals surface area contributed by atoms with Crippen molar-refractivity contribution in [1.82, 2.24) is 25.5 Å². The fraction of sp³-hybridized carbons (Fsp3) is 0.364. The van der Waals surface area contributed by atoms with Gasteiger partial charge in [0.1, 0.15) is 11.6 Å². The lowest BCUT2D eigenvalue weighted by molar-refractivity contribution is 0.545. The molecule has 0 aliphatic heterocycles. The minimum Gasteiger partial charge on any atom is -0.308 e. The molecule has 1 atom stereocenters. The monoisotopic (exact) mass is 253 g/mol. The van der Waals surface area contributed by atoms with Crippen LogP contribution in [0.4, 0.5) is 8.78 Å². The van der Waals surface area contributed by atoms with E-state index in [0.717, 1.165) is 12.6 Å². The van der Waals surface area contributed by atoms with Crippen LogP contribution in [-0.4, -0.2) is 26.8 Å². The van der Waals surface area contributed by atoms with Crippen LogP contribution in [0.3, 0.4) is 0 Å². The van der Waals surface area contributed by atoms with Crippen LogP contribution in [0.15, 0.2) is 18.2 Å². The van der Waals surface area contributed by atoms with Crippen molar-refractivity contribution in [2.24, 2.45) is 0 Å². The summed E-state index contributed by atoms with van der Waals surface area (Å²) in [6, 6.07) is 3.06. The van der Waals surface area contributed by atoms with Crippen molar-refractivity contribution >= 4 is 0 Å². The van der Waals surface area contributed by atoms with Crippen LogP contribution in [-0.2, 0) is 0 Å². The molecule has 0 saturated carbocycles. The Hall–Kier alpha value is -1.89. The molecule has 96 valence electrons. The van der Waals surface area contributed by atoms with E-state index in [1.807, 2.05) is 13.8 Å². The highest BCUT2D eigenvalue weighted by Gasteiger charge is 2.15. The second kappa shape index (κ2) is 5.18. The van der Waals surface area contributed by atoms with Gasteiger partial charge < -0.3 is 5.32 Å². The van der Waals surface area contributed by atoms with E-state index in [-0.39, 0.29) is 11.7 Å². The van der Waals surface area contributed by atoms with Gasteiger partial charge in [-0.15, -0.1) is 5.10 Å². The predicted octanol–water partition coefficient (Wildman–Crippen LogP) is 1.61. The third-order valence-corrected chi connectivity index (χ3v) is 2.48. The Labute approximate surface area is 103 Å². The van der Waals surface area contributed by atoms with E-state index in [1.54, 1.807) is 0 Å². The van der Waals surface area contributed by atoms with Gasteiger partial charge in [0.05, 0.1) is 11.7 Å². The molecule has 18 heavy (non-hydrogen) atoms. The van der Waals surface area contributed by atoms with Crippen LogP contribution >= 0.6 is 0 Å². The fourth-order valence-electron chi connectivity index (χ4n) is 1.71. The maximum absolute atomic E-state index is 13.2. The molecule has 1 N–H and O–H groups in total. The number of hydrogen-bond acceptors (Lipinski definition) is 4. The predicted molar refractivity (Wildman–Crippen MR) is 61.2 cm³/mol. The first-order chi connectivity index (χ1) is 8.61. The Morgan fingerprint density at radius 1 is 1.28 bits per heavy atom. The first-order valence-corrected chi connectivity index (χ1v) is 5.60. The first-order valence-electron chi connectivity index (χ1n) is 5.60. The summed E-state index contributed by atoms with van der Waals surface area (Å²) < 4.78 is 27.6. The normalized spacial score (nSPS) is 12.7. The average molecular weight is 253 g/mol. The number of rotatable bonds is 4. The SMILES string of the molecule is CCNC(C)c1nnnn1-c1cc(F)cc(F)c1. The van der Waals surface area contributed by atoms with Gasteiger partial charge >= 0.3 is 0 Å². The zero-order chi connectivity index (χ0) is 13.1. The van der Waals surface area contributed by atoms with E-state index >= 15 is 0 Å². The third-order valence-electron chi connectivity index (χ3n) is 2.48. The quantitative estimate of drug-likeness (QED) is 0.899. The highest BCUT2D eigenvalue weighted by Crippen LogP contribution is 2.16. The van der Waals surface area contributed by atoms with Gasteiger partial charge in [0, 0.05) is 6.07 Å². The number of tetrazole rings is 1. The molecule has 0 fully saturated rings. The highest BCUT2D eigenvalue weighted by molar-refractivity contribution is 5.32. The molecule has 0 bridgehead atoms. The van der Waals surface area contributed by atoms with Crippen LogP contribution < -0.4 is 5.32 Å². The van der Waals surface area contributed by atoms with Gasteiger partial charge in [-0.05, 0) is 36.0 Å². The standard InChI is InChI=1S/C11H13F2N5/c1-3-14-7(2)11-15-16-17-18(11)10-5-8(12)4-9(13)6-10/h4-7,14H,3H2,1-2H3. The highest BCUT2D eigenvalue weighted by atomic mass is 19.1. The summed E-state index contributed by atoms with van der Waals surface area (Å²) in [6.07, 6.45) is 0. The number of hydrogen-bond donors (Lipinski definition) is 1. The summed E-state index contributed by atoms with van der Waals surface area (Å²) in [6.45, 7) is 4.57. The zero-order valence-electron chi connectivity index (χ0n) is 10.1. The minimum absolute atomic E-state index is 0.115. The van der Waals surface area contributed by atoms with Crippen molar-refractivity contribution < 1.29 is 8.78 Å². The Bertz CT molecular complexity index is 520. The lowest BCUT2D eigenvalue weighted by Gasteiger charge is -2.12. The molecule has 0 spiro atoms. The Morgan fingerprint density at radius 3 is 2.56 bits per heavy atom. The number of nitrogens with zero attached hydrogens (tertiary/aromatic N) is 4. The van der Waals surface area contributed by atoms with E-state index in [1.165, 1.54) is 16.8 Å². The molecule has 0 radical (unpaired) electrons. The average Bonchev–Trinajstić information content (AvgIpc) is 2.76. The van der Waals surface area contributed by atoms with Crippen LogP contribution in [0.1, 0.15) is 25.7 Å². The van der Waals surface area contributed by atoms with E-state index < -0.39 is 11.6 Å². The van der Waals surface area contributed by atoms with E-state index in [2.05, 4.69) is 20.8 Å². The number of nitrogens with one attached hydrogen (secondary N) is 1. The lowest BCUT2D eigenvalue weighted by atomic mass is 10.2. The molecule has 1 heterocycles. The van der Waals surface area contributed by atoms with Crippen molar-refractivity contribution in [2.75, 3.05) is 6.54 Å². The second-order valence-corrected chi connectivity index (χ2v) is 3.86. The summed E-state index contributed by atoms with van der Waals surface area (Å²) in [7, 11) is 0. The minimum atomic E-state index is -0.664. The zero-order valence-corrected chi connectivity index (χ0v) is 10.1. The van der Waals surface area contributed by atoms with Crippen LogP contribution in [0.2, 0.25) is 0 Å². The van der Waals surface area contributed by atoms with Gasteiger partial charge in [-0.25, -0.2) is 8.78 Å². The topological polar surface area (TPSA) is 55.6 Å². The Morgan fingerprint density at radius 2 is 1.94 bits per heavy atom. The van der Waals surface area contributed by atoms with Crippen LogP contribution in [0.25, 0.3) is 5.69 Å². The van der Waals surface area contributed by atoms with E-state index in [4.69, 9.17) is 0 Å². The van der Waals surface area contributed by atoms with E-state index in [0.29, 0.717) is 5.82 Å². The Balaban J connectivity index is 2.42. The van der Waals surface area contributed by atoms with Crippen molar-refractivity contribution in [3.8, 4) is 5.69 Å². The number of aromatic nitrogens is 4. The molecular formula is C11H13F2N5. The fourth-order valence-corrected chi connectivity index (χ4v) is 1.71. The molecule has 1 unspecified atom stereocenters. The molecular weight excluding hydrogens is 240 g/mol. The van der Waals surface area contributed by atoms with Crippen molar-refractivity contribution in [3.05, 3.63) is 35.7 Å². The smallest absolute Gasteiger partial charge is 0.173 e. The summed E-state index contributed by atoms with van der Waals surface area (Å²) in [5.41, 5.74) is 0.261. The van der Waals surface area contributed by atoms with Crippen molar-refractivity contribution in [2.45, 2.75) is 19.9 Å². The van der Waals surface area contributed by atoms with Gasteiger partial charge in [0.2, 0.25) is 0 Å². The molecule has 1 aromatic carbocycles. The second-order valence-electron chi connectivity index (χ2n) is 3.86. The third kappa shape index (κ3) is 2.51. The molecule has 5 nitrogen and oxygen atoms in total. The number of halogens is 2. The van der Waals surface area contributed by atoms with E-state index in [9.17, 15) is 8.78 Å². The maximum Gasteiger partial charge on any atom is 0.173 e. The lowest BCUT2D eigenvalue weighted by Crippen LogP contribution is -2.21. The molecule has 1 aromatic heterocycles.